The zero-order chi connectivity index (χ0) is 21.9. The summed E-state index contributed by atoms with van der Waals surface area (Å²) in [4.78, 5) is 14.6. The van der Waals surface area contributed by atoms with E-state index < -0.39 is 15.9 Å². The molecule has 1 atom stereocenters. The molecule has 0 aliphatic carbocycles. The number of aryl methyl sites for hydroxylation is 2. The summed E-state index contributed by atoms with van der Waals surface area (Å²) in [6.07, 6.45) is 4.53. The monoisotopic (exact) mass is 432 g/mol. The Morgan fingerprint density at radius 3 is 2.73 bits per heavy atom. The highest BCUT2D eigenvalue weighted by molar-refractivity contribution is 7.89. The zero-order valence-electron chi connectivity index (χ0n) is 17.8. The van der Waals surface area contributed by atoms with Crippen LogP contribution < -0.4 is 5.32 Å². The molecule has 0 saturated carbocycles. The molecule has 1 aliphatic rings. The fourth-order valence-corrected chi connectivity index (χ4v) is 5.24. The number of para-hydroxylation sites is 1. The Morgan fingerprint density at radius 1 is 1.30 bits per heavy atom. The first-order valence-corrected chi connectivity index (χ1v) is 11.3. The maximum atomic E-state index is 13.4. The average Bonchev–Trinajstić information content (AvgIpc) is 3.09. The molecule has 8 nitrogen and oxygen atoms in total. The molecule has 1 aromatic heterocycles. The molecular weight excluding hydrogens is 404 g/mol. The first-order chi connectivity index (χ1) is 14.2. The molecule has 1 amide bonds. The Labute approximate surface area is 177 Å². The van der Waals surface area contributed by atoms with E-state index in [1.807, 2.05) is 45.3 Å². The van der Waals surface area contributed by atoms with Crippen LogP contribution in [0.5, 0.6) is 0 Å². The van der Waals surface area contributed by atoms with Crippen molar-refractivity contribution in [3.05, 3.63) is 47.5 Å². The van der Waals surface area contributed by atoms with Crippen LogP contribution in [-0.2, 0) is 14.8 Å². The van der Waals surface area contributed by atoms with Gasteiger partial charge in [-0.15, -0.1) is 0 Å². The topological polar surface area (TPSA) is 95.8 Å². The predicted octanol–water partition coefficient (Wildman–Crippen LogP) is 2.86. The summed E-state index contributed by atoms with van der Waals surface area (Å²) >= 11 is 0. The highest BCUT2D eigenvalue weighted by Crippen LogP contribution is 2.29. The third kappa shape index (κ3) is 4.73. The second kappa shape index (κ2) is 9.01. The SMILES string of the molecule is Cc1ccccc1NC(=O)C1CCCN(S(=O)(=O)c2c(C)noc2/C=C/N(C)C)C1. The van der Waals surface area contributed by atoms with Crippen molar-refractivity contribution in [2.75, 3.05) is 32.5 Å². The van der Waals surface area contributed by atoms with Gasteiger partial charge in [-0.2, -0.15) is 4.31 Å². The number of carbonyl (C=O) groups is 1. The Hall–Kier alpha value is -2.65. The molecule has 162 valence electrons. The molecule has 1 aromatic carbocycles. The third-order valence-electron chi connectivity index (χ3n) is 5.11. The molecule has 0 spiro atoms. The van der Waals surface area contributed by atoms with Gasteiger partial charge in [0.05, 0.1) is 5.92 Å². The number of aromatic nitrogens is 1. The van der Waals surface area contributed by atoms with Crippen molar-refractivity contribution in [1.82, 2.24) is 14.4 Å². The van der Waals surface area contributed by atoms with Crippen LogP contribution in [0.3, 0.4) is 0 Å². The molecule has 2 aromatic rings. The molecule has 0 bridgehead atoms. The van der Waals surface area contributed by atoms with E-state index in [1.165, 1.54) is 4.31 Å². The van der Waals surface area contributed by atoms with Crippen molar-refractivity contribution in [2.45, 2.75) is 31.6 Å². The quantitative estimate of drug-likeness (QED) is 0.754. The van der Waals surface area contributed by atoms with Gasteiger partial charge in [-0.1, -0.05) is 23.4 Å². The van der Waals surface area contributed by atoms with Gasteiger partial charge in [0.2, 0.25) is 15.9 Å². The van der Waals surface area contributed by atoms with Crippen LogP contribution in [0.2, 0.25) is 0 Å². The average molecular weight is 433 g/mol. The van der Waals surface area contributed by atoms with Gasteiger partial charge in [-0.05, 0) is 38.3 Å². The van der Waals surface area contributed by atoms with Crippen LogP contribution in [0.4, 0.5) is 5.69 Å². The second-order valence-corrected chi connectivity index (χ2v) is 9.62. The van der Waals surface area contributed by atoms with Crippen LogP contribution in [-0.4, -0.2) is 55.9 Å². The summed E-state index contributed by atoms with van der Waals surface area (Å²) in [6.45, 7) is 4.01. The highest BCUT2D eigenvalue weighted by Gasteiger charge is 2.37. The van der Waals surface area contributed by atoms with E-state index in [9.17, 15) is 13.2 Å². The van der Waals surface area contributed by atoms with Gasteiger partial charge in [0.25, 0.3) is 0 Å². The Morgan fingerprint density at radius 2 is 2.03 bits per heavy atom. The number of sulfonamides is 1. The van der Waals surface area contributed by atoms with Crippen LogP contribution in [0.15, 0.2) is 39.9 Å². The Balaban J connectivity index is 1.80. The molecular formula is C21H28N4O4S. The summed E-state index contributed by atoms with van der Waals surface area (Å²) in [6, 6.07) is 7.53. The lowest BCUT2D eigenvalue weighted by molar-refractivity contribution is -0.120. The van der Waals surface area contributed by atoms with Gasteiger partial charge in [0.1, 0.15) is 5.69 Å². The van der Waals surface area contributed by atoms with Crippen molar-refractivity contribution in [2.24, 2.45) is 5.92 Å². The van der Waals surface area contributed by atoms with Gasteiger partial charge >= 0.3 is 0 Å². The minimum absolute atomic E-state index is 0.0561. The molecule has 9 heteroatoms. The second-order valence-electron chi connectivity index (χ2n) is 7.75. The number of hydrogen-bond donors (Lipinski definition) is 1. The van der Waals surface area contributed by atoms with Gasteiger partial charge in [0.15, 0.2) is 10.7 Å². The van der Waals surface area contributed by atoms with E-state index in [4.69, 9.17) is 4.52 Å². The highest BCUT2D eigenvalue weighted by atomic mass is 32.2. The van der Waals surface area contributed by atoms with Crippen molar-refractivity contribution < 1.29 is 17.7 Å². The van der Waals surface area contributed by atoms with Crippen LogP contribution >= 0.6 is 0 Å². The summed E-state index contributed by atoms with van der Waals surface area (Å²) in [5, 5.41) is 6.78. The molecule has 1 unspecified atom stereocenters. The summed E-state index contributed by atoms with van der Waals surface area (Å²) in [5.41, 5.74) is 2.01. The first kappa shape index (κ1) is 22.0. The number of anilines is 1. The fourth-order valence-electron chi connectivity index (χ4n) is 3.47. The molecule has 1 aliphatic heterocycles. The van der Waals surface area contributed by atoms with E-state index in [2.05, 4.69) is 10.5 Å². The summed E-state index contributed by atoms with van der Waals surface area (Å²) in [7, 11) is -0.189. The van der Waals surface area contributed by atoms with Crippen molar-refractivity contribution in [3.8, 4) is 0 Å². The van der Waals surface area contributed by atoms with E-state index in [-0.39, 0.29) is 23.1 Å². The number of amides is 1. The first-order valence-electron chi connectivity index (χ1n) is 9.87. The number of piperidine rings is 1. The van der Waals surface area contributed by atoms with E-state index in [0.29, 0.717) is 25.1 Å². The van der Waals surface area contributed by atoms with Gasteiger partial charge < -0.3 is 14.7 Å². The molecule has 2 heterocycles. The standard InChI is InChI=1S/C21H28N4O4S/c1-15-8-5-6-10-18(15)22-21(26)17-9-7-12-25(14-17)30(27,28)20-16(2)23-29-19(20)11-13-24(3)4/h5-6,8,10-11,13,17H,7,9,12,14H2,1-4H3,(H,22,26)/b13-11+. The zero-order valence-corrected chi connectivity index (χ0v) is 18.6. The van der Waals surface area contributed by atoms with Gasteiger partial charge in [-0.3, -0.25) is 4.79 Å². The van der Waals surface area contributed by atoms with Gasteiger partial charge in [0, 0.05) is 45.1 Å². The maximum absolute atomic E-state index is 13.4. The summed E-state index contributed by atoms with van der Waals surface area (Å²) < 4.78 is 33.3. The number of nitrogens with zero attached hydrogens (tertiary/aromatic N) is 3. The Kier molecular flexibility index (Phi) is 6.62. The van der Waals surface area contributed by atoms with E-state index in [1.54, 1.807) is 24.1 Å². The number of nitrogens with one attached hydrogen (secondary N) is 1. The number of carbonyl (C=O) groups excluding carboxylic acids is 1. The smallest absolute Gasteiger partial charge is 0.248 e. The maximum Gasteiger partial charge on any atom is 0.248 e. The minimum atomic E-state index is -3.85. The van der Waals surface area contributed by atoms with Crippen LogP contribution in [0.25, 0.3) is 6.08 Å². The number of rotatable bonds is 6. The third-order valence-corrected chi connectivity index (χ3v) is 7.14. The fraction of sp³-hybridized carbons (Fsp3) is 0.429. The van der Waals surface area contributed by atoms with E-state index >= 15 is 0 Å². The van der Waals surface area contributed by atoms with Crippen molar-refractivity contribution in [1.29, 1.82) is 0 Å². The van der Waals surface area contributed by atoms with Crippen LogP contribution in [0, 0.1) is 19.8 Å². The lowest BCUT2D eigenvalue weighted by Crippen LogP contribution is -2.44. The van der Waals surface area contributed by atoms with E-state index in [0.717, 1.165) is 11.3 Å². The molecule has 0 radical (unpaired) electrons. The lowest BCUT2D eigenvalue weighted by atomic mass is 9.98. The summed E-state index contributed by atoms with van der Waals surface area (Å²) in [5.74, 6) is -0.402. The minimum Gasteiger partial charge on any atom is -0.383 e. The van der Waals surface area contributed by atoms with Crippen molar-refractivity contribution in [3.63, 3.8) is 0 Å². The largest absolute Gasteiger partial charge is 0.383 e. The lowest BCUT2D eigenvalue weighted by Gasteiger charge is -2.31. The molecule has 1 N–H and O–H groups in total. The Bertz CT molecular complexity index is 1040. The molecule has 30 heavy (non-hydrogen) atoms. The number of benzene rings is 1. The van der Waals surface area contributed by atoms with Crippen molar-refractivity contribution >= 4 is 27.7 Å². The van der Waals surface area contributed by atoms with Gasteiger partial charge in [-0.25, -0.2) is 8.42 Å². The predicted molar refractivity (Wildman–Crippen MR) is 115 cm³/mol. The number of hydrogen-bond acceptors (Lipinski definition) is 6. The normalized spacial score (nSPS) is 17.9. The molecule has 1 fully saturated rings. The molecule has 3 rings (SSSR count). The molecule has 1 saturated heterocycles. The van der Waals surface area contributed by atoms with Crippen LogP contribution in [0.1, 0.15) is 29.9 Å².